The Hall–Kier alpha value is -14.5. The van der Waals surface area contributed by atoms with Gasteiger partial charge in [-0.3, -0.25) is 19.2 Å². The van der Waals surface area contributed by atoms with Crippen LogP contribution >= 0.6 is 0 Å². The summed E-state index contributed by atoms with van der Waals surface area (Å²) in [7, 11) is 0. The Morgan fingerprint density at radius 1 is 0.200 bits per heavy atom. The average Bonchev–Trinajstić information content (AvgIpc) is 0.965. The summed E-state index contributed by atoms with van der Waals surface area (Å²) in [6.07, 6.45) is 0. The van der Waals surface area contributed by atoms with Crippen molar-refractivity contribution in [3.8, 4) is 53.6 Å². The number of nitrogens with one attached hydrogen (secondary N) is 4. The van der Waals surface area contributed by atoms with E-state index in [2.05, 4.69) is 21.3 Å². The first-order chi connectivity index (χ1) is 53.0. The second-order valence-electron chi connectivity index (χ2n) is 21.3. The second-order valence-corrected chi connectivity index (χ2v) is 21.3. The molecular weight excluding hydrogens is 1600 g/mol. The van der Waals surface area contributed by atoms with Crippen molar-refractivity contribution in [3.05, 3.63) is 304 Å². The molecule has 0 aliphatic heterocycles. The van der Waals surface area contributed by atoms with Crippen molar-refractivity contribution in [3.63, 3.8) is 0 Å². The summed E-state index contributed by atoms with van der Waals surface area (Å²) in [4.78, 5) is 47.3. The van der Waals surface area contributed by atoms with Crippen molar-refractivity contribution in [2.45, 2.75) is 48.5 Å². The summed E-state index contributed by atoms with van der Waals surface area (Å²) in [5.41, 5.74) is 82.0. The summed E-state index contributed by atoms with van der Waals surface area (Å²) in [6, 6.07) is 89.8. The molecule has 4 amide bonds. The molecule has 27 nitrogen and oxygen atoms in total. The molecule has 11 aromatic carbocycles. The molecule has 0 heterocycles. The minimum Gasteiger partial charge on any atom is -0.399 e. The van der Waals surface area contributed by atoms with Gasteiger partial charge in [-0.15, -0.1) is 0 Å². The molecule has 0 aliphatic rings. The predicted octanol–water partition coefficient (Wildman–Crippen LogP) is 16.4. The van der Waals surface area contributed by atoms with Gasteiger partial charge in [0.2, 0.25) is 0 Å². The number of nitrogen functional groups attached to an aromatic ring is 12. The van der Waals surface area contributed by atoms with Gasteiger partial charge in [-0.2, -0.15) is 36.8 Å². The van der Waals surface area contributed by atoms with Gasteiger partial charge in [0.1, 0.15) is 0 Å². The van der Waals surface area contributed by atoms with Crippen LogP contribution in [0.2, 0.25) is 0 Å². The number of anilines is 16. The van der Waals surface area contributed by atoms with E-state index in [4.69, 9.17) is 106 Å². The number of carbonyl (C=O) groups is 4. The Kier molecular flexibility index (Phi) is 66.7. The van der Waals surface area contributed by atoms with E-state index in [1.807, 2.05) is 48.5 Å². The molecule has 0 spiro atoms. The largest absolute Gasteiger partial charge is 0.399 e. The maximum atomic E-state index is 11.8. The molecule has 0 aromatic heterocycles. The Labute approximate surface area is 726 Å². The van der Waals surface area contributed by atoms with Gasteiger partial charge in [0.05, 0.1) is 42.5 Å². The van der Waals surface area contributed by atoms with Crippen LogP contribution in [0.25, 0.3) is 11.1 Å². The quantitative estimate of drug-likeness (QED) is 0.0471. The van der Waals surface area contributed by atoms with Crippen molar-refractivity contribution >= 4 is 115 Å². The van der Waals surface area contributed by atoms with Gasteiger partial charge < -0.3 is 105 Å². The van der Waals surface area contributed by atoms with Crippen LogP contribution in [0.1, 0.15) is 89.9 Å². The van der Waals surface area contributed by atoms with Gasteiger partial charge in [0, 0.05) is 227 Å². The zero-order chi connectivity index (χ0) is 83.9. The first kappa shape index (κ1) is 111. The zero-order valence-electron chi connectivity index (χ0n) is 65.7. The number of benzene rings is 11. The summed E-state index contributed by atoms with van der Waals surface area (Å²) in [5.74, 6) is -0.686. The fourth-order valence-electron chi connectivity index (χ4n) is 7.46. The van der Waals surface area contributed by atoms with Crippen LogP contribution in [-0.4, -0.2) is 23.6 Å². The van der Waals surface area contributed by atoms with E-state index in [1.165, 1.54) is 48.5 Å². The molecule has 2 radical (unpaired) electrons. The average molecular weight is 1700 g/mol. The van der Waals surface area contributed by atoms with Crippen LogP contribution in [0, 0.1) is 94.2 Å². The van der Waals surface area contributed by atoms with Crippen LogP contribution in [0.3, 0.4) is 0 Å². The standard InChI is InChI=1S/4C13H13N3O.C12H12N2.C6H8N2.7C2H3N.2CH3.2Y/c4*14-10-3-1-9(2-4-10)13(17)16-12-7-5-11(15)6-8-12;13-11-5-1-9(2-6-11)10-3-7-12(14)8-4-10;7-5-1-2-6(8)4-3-5;7*1-2-3;;;;/h4*1-8H,14-15H2,(H,16,17);1-8H,13-14H2;1-4H,7-8H2;7*1H3;2*1H3;;/q;;;;;;;;;;;;;2*-1;;. The maximum Gasteiger partial charge on any atom is 0.255 e. The number of carbonyl (C=O) groups excluding carboxylic acids is 4. The molecule has 0 aliphatic carbocycles. The van der Waals surface area contributed by atoms with Gasteiger partial charge >= 0.3 is 0 Å². The smallest absolute Gasteiger partial charge is 0.255 e. The van der Waals surface area contributed by atoms with E-state index in [9.17, 15) is 19.2 Å². The molecule has 0 saturated heterocycles. The minimum absolute atomic E-state index is 0. The van der Waals surface area contributed by atoms with Gasteiger partial charge in [-0.25, -0.2) is 0 Å². The molecule has 0 fully saturated rings. The summed E-state index contributed by atoms with van der Waals surface area (Å²) >= 11 is 0. The van der Waals surface area contributed by atoms with Gasteiger partial charge in [-0.05, 0) is 254 Å². The van der Waals surface area contributed by atoms with E-state index >= 15 is 0 Å². The molecule has 0 saturated carbocycles. The summed E-state index contributed by atoms with van der Waals surface area (Å²) in [5, 5.41) is 62.3. The number of amides is 4. The third kappa shape index (κ3) is 54.7. The Balaban J connectivity index is -0.000000295. The Bertz CT molecular complexity index is 4200. The van der Waals surface area contributed by atoms with Crippen molar-refractivity contribution < 1.29 is 84.6 Å². The number of rotatable bonds is 9. The van der Waals surface area contributed by atoms with Crippen LogP contribution in [-0.2, 0) is 65.4 Å². The van der Waals surface area contributed by atoms with Crippen LogP contribution < -0.4 is 90.1 Å². The van der Waals surface area contributed by atoms with Crippen molar-refractivity contribution in [2.24, 2.45) is 0 Å². The summed E-state index contributed by atoms with van der Waals surface area (Å²) < 4.78 is 0. The Morgan fingerprint density at radius 3 is 0.400 bits per heavy atom. The molecule has 590 valence electrons. The molecule has 0 atom stereocenters. The van der Waals surface area contributed by atoms with Crippen LogP contribution in [0.4, 0.5) is 91.0 Å². The van der Waals surface area contributed by atoms with E-state index in [1.54, 1.807) is 261 Å². The SMILES string of the molecule is CC#N.CC#N.CC#N.CC#N.CC#N.CC#N.CC#N.Nc1ccc(-c2ccc(N)cc2)cc1.Nc1ccc(N)cc1.Nc1ccc(NC(=O)c2ccc(N)cc2)cc1.Nc1ccc(NC(=O)c2ccc(N)cc2)cc1.Nc1ccc(NC(=O)c2ccc(N)cc2)cc1.Nc1ccc(NC(=O)c2ccc(N)cc2)cc1.[CH3-].[CH3-].[Y].[Y]. The van der Waals surface area contributed by atoms with E-state index in [0.717, 1.165) is 33.9 Å². The van der Waals surface area contributed by atoms with Crippen molar-refractivity contribution in [1.82, 2.24) is 0 Å². The van der Waals surface area contributed by atoms with Gasteiger partial charge in [0.15, 0.2) is 0 Å². The fraction of sp³-hybridized carbons (Fsp3) is 0.0814. The minimum atomic E-state index is -0.172. The number of nitriles is 7. The second kappa shape index (κ2) is 68.8. The van der Waals surface area contributed by atoms with Crippen LogP contribution in [0.5, 0.6) is 0 Å². The molecule has 28 N–H and O–H groups in total. The summed E-state index contributed by atoms with van der Waals surface area (Å²) in [6.45, 7) is 10.0. The molecule has 115 heavy (non-hydrogen) atoms. The third-order valence-corrected chi connectivity index (χ3v) is 12.5. The predicted molar refractivity (Wildman–Crippen MR) is 466 cm³/mol. The molecule has 0 unspecified atom stereocenters. The van der Waals surface area contributed by atoms with E-state index in [-0.39, 0.29) is 104 Å². The fourth-order valence-corrected chi connectivity index (χ4v) is 7.46. The maximum absolute atomic E-state index is 11.8. The number of hydrogen-bond donors (Lipinski definition) is 16. The monoisotopic (exact) mass is 1700 g/mol. The van der Waals surface area contributed by atoms with E-state index in [0.29, 0.717) is 90.5 Å². The Morgan fingerprint density at radius 2 is 0.287 bits per heavy atom. The zero-order valence-corrected chi connectivity index (χ0v) is 71.4. The number of nitrogens with zero attached hydrogens (tertiary/aromatic N) is 7. The van der Waals surface area contributed by atoms with Crippen LogP contribution in [0.15, 0.2) is 267 Å². The number of nitrogens with two attached hydrogens (primary N) is 12. The molecule has 11 aromatic rings. The normalized spacial score (nSPS) is 8.17. The van der Waals surface area contributed by atoms with Crippen molar-refractivity contribution in [1.29, 1.82) is 36.8 Å². The van der Waals surface area contributed by atoms with E-state index < -0.39 is 0 Å². The third-order valence-electron chi connectivity index (χ3n) is 12.5. The van der Waals surface area contributed by atoms with Crippen molar-refractivity contribution in [2.75, 3.05) is 90.1 Å². The number of hydrogen-bond acceptors (Lipinski definition) is 23. The van der Waals surface area contributed by atoms with Gasteiger partial charge in [-0.1, -0.05) is 24.3 Å². The molecular formula is C86H99N23O4Y2-2. The molecule has 11 rings (SSSR count). The molecule has 0 bridgehead atoms. The molecule has 29 heteroatoms. The first-order valence-electron chi connectivity index (χ1n) is 32.6. The first-order valence-corrected chi connectivity index (χ1v) is 32.6. The van der Waals surface area contributed by atoms with Gasteiger partial charge in [0.25, 0.3) is 23.6 Å². The topological polar surface area (TPSA) is 595 Å².